The lowest BCUT2D eigenvalue weighted by Gasteiger charge is -2.10. The van der Waals surface area contributed by atoms with E-state index in [0.29, 0.717) is 23.6 Å². The van der Waals surface area contributed by atoms with Crippen molar-refractivity contribution in [2.45, 2.75) is 18.2 Å². The number of nitrogens with two attached hydrogens (primary N) is 1. The third kappa shape index (κ3) is 3.52. The standard InChI is InChI=1S/C13H15ClN2O2S2/c1-9-7-11(14)12(15)8-13(9)20(17,18)16-5-4-10-3-2-6-19-10/h2-3,6-8,16H,4-5,15H2,1H3. The van der Waals surface area contributed by atoms with E-state index in [-0.39, 0.29) is 10.6 Å². The van der Waals surface area contributed by atoms with E-state index in [1.165, 1.54) is 6.07 Å². The first kappa shape index (κ1) is 15.3. The first-order valence-corrected chi connectivity index (χ1v) is 8.72. The summed E-state index contributed by atoms with van der Waals surface area (Å²) in [6.07, 6.45) is 0.666. The van der Waals surface area contributed by atoms with E-state index in [9.17, 15) is 8.42 Å². The Morgan fingerprint density at radius 3 is 2.80 bits per heavy atom. The van der Waals surface area contributed by atoms with Crippen LogP contribution in [0.5, 0.6) is 0 Å². The maximum atomic E-state index is 12.2. The van der Waals surface area contributed by atoms with Gasteiger partial charge < -0.3 is 5.73 Å². The topological polar surface area (TPSA) is 72.2 Å². The summed E-state index contributed by atoms with van der Waals surface area (Å²) < 4.78 is 27.1. The largest absolute Gasteiger partial charge is 0.397 e. The van der Waals surface area contributed by atoms with Crippen molar-refractivity contribution in [3.63, 3.8) is 0 Å². The maximum Gasteiger partial charge on any atom is 0.240 e. The lowest BCUT2D eigenvalue weighted by Crippen LogP contribution is -2.26. The van der Waals surface area contributed by atoms with Crippen molar-refractivity contribution in [2.75, 3.05) is 12.3 Å². The first-order valence-electron chi connectivity index (χ1n) is 5.98. The molecule has 2 rings (SSSR count). The van der Waals surface area contributed by atoms with Gasteiger partial charge in [0, 0.05) is 11.4 Å². The Hall–Kier alpha value is -1.08. The zero-order valence-corrected chi connectivity index (χ0v) is 13.3. The van der Waals surface area contributed by atoms with E-state index in [0.717, 1.165) is 4.88 Å². The van der Waals surface area contributed by atoms with Crippen LogP contribution in [0.15, 0.2) is 34.5 Å². The molecule has 0 amide bonds. The minimum Gasteiger partial charge on any atom is -0.397 e. The Kier molecular flexibility index (Phi) is 4.70. The van der Waals surface area contributed by atoms with Crippen molar-refractivity contribution in [1.29, 1.82) is 0 Å². The zero-order chi connectivity index (χ0) is 14.8. The smallest absolute Gasteiger partial charge is 0.240 e. The molecule has 1 heterocycles. The van der Waals surface area contributed by atoms with Gasteiger partial charge in [0.15, 0.2) is 0 Å². The Morgan fingerprint density at radius 1 is 1.40 bits per heavy atom. The zero-order valence-electron chi connectivity index (χ0n) is 10.9. The predicted octanol–water partition coefficient (Wildman–Crippen LogP) is 2.81. The third-order valence-electron chi connectivity index (χ3n) is 2.83. The van der Waals surface area contributed by atoms with Gasteiger partial charge in [0.05, 0.1) is 15.6 Å². The number of sulfonamides is 1. The van der Waals surface area contributed by atoms with Gasteiger partial charge in [-0.15, -0.1) is 11.3 Å². The van der Waals surface area contributed by atoms with E-state index in [1.807, 2.05) is 17.5 Å². The van der Waals surface area contributed by atoms with Crippen molar-refractivity contribution in [3.8, 4) is 0 Å². The summed E-state index contributed by atoms with van der Waals surface area (Å²) in [7, 11) is -3.57. The van der Waals surface area contributed by atoms with Gasteiger partial charge in [-0.3, -0.25) is 0 Å². The number of benzene rings is 1. The quantitative estimate of drug-likeness (QED) is 0.828. The summed E-state index contributed by atoms with van der Waals surface area (Å²) in [5.41, 5.74) is 6.51. The molecule has 0 saturated heterocycles. The van der Waals surface area contributed by atoms with Crippen molar-refractivity contribution in [2.24, 2.45) is 0 Å². The average Bonchev–Trinajstić information content (AvgIpc) is 2.86. The Morgan fingerprint density at radius 2 is 2.15 bits per heavy atom. The minimum atomic E-state index is -3.57. The molecule has 0 aliphatic rings. The fourth-order valence-corrected chi connectivity index (χ4v) is 4.02. The summed E-state index contributed by atoms with van der Waals surface area (Å²) >= 11 is 7.47. The summed E-state index contributed by atoms with van der Waals surface area (Å²) in [4.78, 5) is 1.31. The van der Waals surface area contributed by atoms with Crippen LogP contribution in [0.25, 0.3) is 0 Å². The number of anilines is 1. The fraction of sp³-hybridized carbons (Fsp3) is 0.231. The molecule has 20 heavy (non-hydrogen) atoms. The molecular formula is C13H15ClN2O2S2. The van der Waals surface area contributed by atoms with Gasteiger partial charge in [0.25, 0.3) is 0 Å². The molecule has 2 aromatic rings. The second-order valence-corrected chi connectivity index (χ2v) is 7.54. The molecule has 0 saturated carbocycles. The molecule has 0 bridgehead atoms. The monoisotopic (exact) mass is 330 g/mol. The minimum absolute atomic E-state index is 0.172. The Balaban J connectivity index is 2.12. The second kappa shape index (κ2) is 6.13. The third-order valence-corrected chi connectivity index (χ3v) is 5.69. The lowest BCUT2D eigenvalue weighted by molar-refractivity contribution is 0.581. The normalized spacial score (nSPS) is 11.7. The molecule has 1 aromatic heterocycles. The number of thiophene rings is 1. The highest BCUT2D eigenvalue weighted by atomic mass is 35.5. The van der Waals surface area contributed by atoms with Gasteiger partial charge in [-0.2, -0.15) is 0 Å². The molecule has 0 atom stereocenters. The van der Waals surface area contributed by atoms with Crippen LogP contribution in [0.4, 0.5) is 5.69 Å². The van der Waals surface area contributed by atoms with Crippen LogP contribution in [0.1, 0.15) is 10.4 Å². The first-order chi connectivity index (χ1) is 9.40. The van der Waals surface area contributed by atoms with Gasteiger partial charge >= 0.3 is 0 Å². The molecular weight excluding hydrogens is 316 g/mol. The number of hydrogen-bond donors (Lipinski definition) is 2. The molecule has 0 radical (unpaired) electrons. The number of rotatable bonds is 5. The Labute approximate surface area is 127 Å². The average molecular weight is 331 g/mol. The lowest BCUT2D eigenvalue weighted by atomic mass is 10.2. The maximum absolute atomic E-state index is 12.2. The summed E-state index contributed by atoms with van der Waals surface area (Å²) in [5, 5.41) is 2.33. The van der Waals surface area contributed by atoms with E-state index >= 15 is 0 Å². The number of nitrogen functional groups attached to an aromatic ring is 1. The van der Waals surface area contributed by atoms with Gasteiger partial charge in [-0.25, -0.2) is 13.1 Å². The van der Waals surface area contributed by atoms with E-state index < -0.39 is 10.0 Å². The van der Waals surface area contributed by atoms with Gasteiger partial charge in [0.2, 0.25) is 10.0 Å². The number of hydrogen-bond acceptors (Lipinski definition) is 4. The van der Waals surface area contributed by atoms with Crippen LogP contribution in [0, 0.1) is 6.92 Å². The van der Waals surface area contributed by atoms with Crippen LogP contribution in [0.2, 0.25) is 5.02 Å². The van der Waals surface area contributed by atoms with Crippen LogP contribution < -0.4 is 10.5 Å². The van der Waals surface area contributed by atoms with E-state index in [1.54, 1.807) is 24.3 Å². The van der Waals surface area contributed by atoms with Gasteiger partial charge in [0.1, 0.15) is 0 Å². The molecule has 7 heteroatoms. The van der Waals surface area contributed by atoms with Crippen LogP contribution >= 0.6 is 22.9 Å². The molecule has 1 aromatic carbocycles. The fourth-order valence-electron chi connectivity index (χ4n) is 1.80. The molecule has 3 N–H and O–H groups in total. The molecule has 0 unspecified atom stereocenters. The number of nitrogens with one attached hydrogen (secondary N) is 1. The highest BCUT2D eigenvalue weighted by molar-refractivity contribution is 7.89. The molecule has 0 aliphatic carbocycles. The molecule has 0 aliphatic heterocycles. The molecule has 0 spiro atoms. The number of halogens is 1. The predicted molar refractivity (Wildman–Crippen MR) is 83.8 cm³/mol. The SMILES string of the molecule is Cc1cc(Cl)c(N)cc1S(=O)(=O)NCCc1cccs1. The van der Waals surface area contributed by atoms with Crippen LogP contribution in [-0.2, 0) is 16.4 Å². The highest BCUT2D eigenvalue weighted by Crippen LogP contribution is 2.26. The van der Waals surface area contributed by atoms with E-state index in [4.69, 9.17) is 17.3 Å². The van der Waals surface area contributed by atoms with Crippen molar-refractivity contribution in [1.82, 2.24) is 4.72 Å². The van der Waals surface area contributed by atoms with Crippen molar-refractivity contribution in [3.05, 3.63) is 45.1 Å². The van der Waals surface area contributed by atoms with E-state index in [2.05, 4.69) is 4.72 Å². The highest BCUT2D eigenvalue weighted by Gasteiger charge is 2.18. The molecule has 108 valence electrons. The number of aryl methyl sites for hydroxylation is 1. The van der Waals surface area contributed by atoms with Gasteiger partial charge in [-0.05, 0) is 42.5 Å². The van der Waals surface area contributed by atoms with Crippen molar-refractivity contribution >= 4 is 38.6 Å². The summed E-state index contributed by atoms with van der Waals surface area (Å²) in [6.45, 7) is 2.05. The summed E-state index contributed by atoms with van der Waals surface area (Å²) in [5.74, 6) is 0. The van der Waals surface area contributed by atoms with Crippen LogP contribution in [-0.4, -0.2) is 15.0 Å². The summed E-state index contributed by atoms with van der Waals surface area (Å²) in [6, 6.07) is 6.87. The van der Waals surface area contributed by atoms with Crippen LogP contribution in [0.3, 0.4) is 0 Å². The van der Waals surface area contributed by atoms with Crippen molar-refractivity contribution < 1.29 is 8.42 Å². The Bertz CT molecular complexity index is 697. The molecule has 4 nitrogen and oxygen atoms in total. The van der Waals surface area contributed by atoms with Gasteiger partial charge in [-0.1, -0.05) is 17.7 Å². The molecule has 0 fully saturated rings. The second-order valence-electron chi connectivity index (χ2n) is 4.37.